The molecule has 1 aromatic rings. The van der Waals surface area contributed by atoms with Gasteiger partial charge in [0.2, 0.25) is 15.9 Å². The number of carbonyl (C=O) groups is 1. The minimum Gasteiger partial charge on any atom is -0.376 e. The Hall–Kier alpha value is -1.60. The third-order valence-corrected chi connectivity index (χ3v) is 7.88. The molecule has 2 unspecified atom stereocenters. The summed E-state index contributed by atoms with van der Waals surface area (Å²) in [4.78, 5) is 12.5. The lowest BCUT2D eigenvalue weighted by Gasteiger charge is -2.29. The van der Waals surface area contributed by atoms with Crippen molar-refractivity contribution in [3.63, 3.8) is 0 Å². The Balaban J connectivity index is 1.53. The molecule has 1 aromatic carbocycles. The van der Waals surface area contributed by atoms with Crippen LogP contribution in [0.4, 0.5) is 5.69 Å². The molecule has 2 atom stereocenters. The Morgan fingerprint density at radius 3 is 2.29 bits per heavy atom. The van der Waals surface area contributed by atoms with Crippen LogP contribution in [0.15, 0.2) is 29.2 Å². The number of amides is 1. The summed E-state index contributed by atoms with van der Waals surface area (Å²) < 4.78 is 27.2. The first-order valence-electron chi connectivity index (χ1n) is 10.6. The lowest BCUT2D eigenvalue weighted by Crippen LogP contribution is -2.43. The molecular weight excluding hydrogens is 374 g/mol. The molecule has 1 heterocycles. The molecule has 2 aliphatic rings. The van der Waals surface area contributed by atoms with Crippen LogP contribution in [0.3, 0.4) is 0 Å². The minimum absolute atomic E-state index is 0.0139. The standard InChI is InChI=1S/C21H33N3O3S/c1-17-8-4-5-9-20(17)23-21(25)16-22-18-10-12-19(13-11-18)28(26,27)24-14-6-2-3-7-15-24/h10-13,17,20,22H,2-9,14-16H2,1H3,(H,23,25). The lowest BCUT2D eigenvalue weighted by molar-refractivity contribution is -0.120. The van der Waals surface area contributed by atoms with Gasteiger partial charge in [0.15, 0.2) is 0 Å². The van der Waals surface area contributed by atoms with E-state index >= 15 is 0 Å². The van der Waals surface area contributed by atoms with E-state index in [1.807, 2.05) is 0 Å². The van der Waals surface area contributed by atoms with Crippen LogP contribution in [0.5, 0.6) is 0 Å². The summed E-state index contributed by atoms with van der Waals surface area (Å²) >= 11 is 0. The number of sulfonamides is 1. The Labute approximate surface area is 169 Å². The van der Waals surface area contributed by atoms with Crippen molar-refractivity contribution < 1.29 is 13.2 Å². The minimum atomic E-state index is -3.43. The molecule has 1 amide bonds. The van der Waals surface area contributed by atoms with Crippen molar-refractivity contribution in [2.45, 2.75) is 69.2 Å². The molecule has 7 heteroatoms. The van der Waals surface area contributed by atoms with Gasteiger partial charge < -0.3 is 10.6 Å². The summed E-state index contributed by atoms with van der Waals surface area (Å²) in [5.41, 5.74) is 0.752. The van der Waals surface area contributed by atoms with Crippen LogP contribution in [0.1, 0.15) is 58.3 Å². The fraction of sp³-hybridized carbons (Fsp3) is 0.667. The first kappa shape index (κ1) is 21.1. The Morgan fingerprint density at radius 2 is 1.64 bits per heavy atom. The van der Waals surface area contributed by atoms with E-state index in [1.54, 1.807) is 28.6 Å². The molecule has 156 valence electrons. The summed E-state index contributed by atoms with van der Waals surface area (Å²) in [7, 11) is -3.43. The van der Waals surface area contributed by atoms with Crippen LogP contribution in [0.2, 0.25) is 0 Å². The second-order valence-corrected chi connectivity index (χ2v) is 10.1. The Bertz CT molecular complexity index is 741. The molecule has 28 heavy (non-hydrogen) atoms. The smallest absolute Gasteiger partial charge is 0.243 e. The molecule has 0 spiro atoms. The number of carbonyl (C=O) groups excluding carboxylic acids is 1. The fourth-order valence-electron chi connectivity index (χ4n) is 4.15. The molecule has 1 aliphatic carbocycles. The molecule has 1 aliphatic heterocycles. The molecule has 0 bridgehead atoms. The monoisotopic (exact) mass is 407 g/mol. The topological polar surface area (TPSA) is 78.5 Å². The van der Waals surface area contributed by atoms with Gasteiger partial charge in [-0.1, -0.05) is 32.6 Å². The number of nitrogens with one attached hydrogen (secondary N) is 2. The van der Waals surface area contributed by atoms with Crippen LogP contribution < -0.4 is 10.6 Å². The van der Waals surface area contributed by atoms with Crippen LogP contribution in [0.25, 0.3) is 0 Å². The zero-order chi connectivity index (χ0) is 20.0. The van der Waals surface area contributed by atoms with Gasteiger partial charge in [-0.15, -0.1) is 0 Å². The second-order valence-electron chi connectivity index (χ2n) is 8.13. The molecule has 0 aromatic heterocycles. The Kier molecular flexibility index (Phi) is 7.35. The van der Waals surface area contributed by atoms with Gasteiger partial charge in [0, 0.05) is 24.8 Å². The van der Waals surface area contributed by atoms with Crippen LogP contribution in [-0.4, -0.2) is 44.3 Å². The van der Waals surface area contributed by atoms with Gasteiger partial charge >= 0.3 is 0 Å². The molecular formula is C21H33N3O3S. The van der Waals surface area contributed by atoms with Crippen LogP contribution in [0, 0.1) is 5.92 Å². The van der Waals surface area contributed by atoms with E-state index in [1.165, 1.54) is 19.3 Å². The van der Waals surface area contributed by atoms with Crippen molar-refractivity contribution >= 4 is 21.6 Å². The summed E-state index contributed by atoms with van der Waals surface area (Å²) in [6.07, 6.45) is 8.68. The van der Waals surface area contributed by atoms with Crippen LogP contribution >= 0.6 is 0 Å². The van der Waals surface area contributed by atoms with E-state index in [0.29, 0.717) is 23.9 Å². The molecule has 1 saturated carbocycles. The largest absolute Gasteiger partial charge is 0.376 e. The van der Waals surface area contributed by atoms with Gasteiger partial charge in [0.05, 0.1) is 11.4 Å². The van der Waals surface area contributed by atoms with Crippen molar-refractivity contribution in [3.8, 4) is 0 Å². The quantitative estimate of drug-likeness (QED) is 0.758. The average Bonchev–Trinajstić information content (AvgIpc) is 2.99. The van der Waals surface area contributed by atoms with E-state index in [2.05, 4.69) is 17.6 Å². The number of anilines is 1. The maximum absolute atomic E-state index is 12.8. The number of nitrogens with zero attached hydrogens (tertiary/aromatic N) is 1. The summed E-state index contributed by atoms with van der Waals surface area (Å²) in [5, 5.41) is 6.22. The first-order chi connectivity index (χ1) is 13.5. The van der Waals surface area contributed by atoms with Gasteiger partial charge in [-0.25, -0.2) is 8.42 Å². The lowest BCUT2D eigenvalue weighted by atomic mass is 9.86. The highest BCUT2D eigenvalue weighted by atomic mass is 32.2. The summed E-state index contributed by atoms with van der Waals surface area (Å²) in [6, 6.07) is 7.00. The van der Waals surface area contributed by atoms with E-state index in [0.717, 1.165) is 37.8 Å². The maximum Gasteiger partial charge on any atom is 0.243 e. The van der Waals surface area contributed by atoms with Gasteiger partial charge in [-0.2, -0.15) is 4.31 Å². The summed E-state index contributed by atoms with van der Waals surface area (Å²) in [6.45, 7) is 3.59. The fourth-order valence-corrected chi connectivity index (χ4v) is 5.66. The number of benzene rings is 1. The highest BCUT2D eigenvalue weighted by Crippen LogP contribution is 2.24. The van der Waals surface area contributed by atoms with Gasteiger partial charge in [-0.3, -0.25) is 4.79 Å². The van der Waals surface area contributed by atoms with Gasteiger partial charge in [-0.05, 0) is 55.9 Å². The van der Waals surface area contributed by atoms with E-state index in [9.17, 15) is 13.2 Å². The summed E-state index contributed by atoms with van der Waals surface area (Å²) in [5.74, 6) is 0.515. The third kappa shape index (κ3) is 5.47. The number of rotatable bonds is 6. The predicted octanol–water partition coefficient (Wildman–Crippen LogP) is 3.36. The van der Waals surface area contributed by atoms with Crippen molar-refractivity contribution in [1.82, 2.24) is 9.62 Å². The molecule has 3 rings (SSSR count). The van der Waals surface area contributed by atoms with Gasteiger partial charge in [0.25, 0.3) is 0 Å². The van der Waals surface area contributed by atoms with Crippen molar-refractivity contribution in [2.75, 3.05) is 25.0 Å². The molecule has 1 saturated heterocycles. The highest BCUT2D eigenvalue weighted by molar-refractivity contribution is 7.89. The van der Waals surface area contributed by atoms with E-state index < -0.39 is 10.0 Å². The highest BCUT2D eigenvalue weighted by Gasteiger charge is 2.25. The zero-order valence-corrected chi connectivity index (χ0v) is 17.6. The Morgan fingerprint density at radius 1 is 1.00 bits per heavy atom. The third-order valence-electron chi connectivity index (χ3n) is 5.97. The predicted molar refractivity (Wildman–Crippen MR) is 112 cm³/mol. The normalized spacial score (nSPS) is 24.3. The second kappa shape index (κ2) is 9.74. The first-order valence-corrected chi connectivity index (χ1v) is 12.0. The van der Waals surface area contributed by atoms with Crippen molar-refractivity contribution in [2.24, 2.45) is 5.92 Å². The number of hydrogen-bond donors (Lipinski definition) is 2. The zero-order valence-electron chi connectivity index (χ0n) is 16.8. The van der Waals surface area contributed by atoms with Gasteiger partial charge in [0.1, 0.15) is 0 Å². The SMILES string of the molecule is CC1CCCCC1NC(=O)CNc1ccc(S(=O)(=O)N2CCCCCC2)cc1. The number of hydrogen-bond acceptors (Lipinski definition) is 4. The molecule has 0 radical (unpaired) electrons. The van der Waals surface area contributed by atoms with E-state index in [4.69, 9.17) is 0 Å². The maximum atomic E-state index is 12.8. The molecule has 2 N–H and O–H groups in total. The van der Waals surface area contributed by atoms with E-state index in [-0.39, 0.29) is 18.5 Å². The van der Waals surface area contributed by atoms with Crippen molar-refractivity contribution in [1.29, 1.82) is 0 Å². The molecule has 2 fully saturated rings. The average molecular weight is 408 g/mol. The van der Waals surface area contributed by atoms with Crippen LogP contribution in [-0.2, 0) is 14.8 Å². The van der Waals surface area contributed by atoms with Crippen molar-refractivity contribution in [3.05, 3.63) is 24.3 Å². The molecule has 6 nitrogen and oxygen atoms in total.